The number of carbonyl (C=O) groups is 1. The van der Waals surface area contributed by atoms with Crippen molar-refractivity contribution in [3.63, 3.8) is 0 Å². The molecule has 1 N–H and O–H groups in total. The van der Waals surface area contributed by atoms with E-state index in [1.54, 1.807) is 19.0 Å². The van der Waals surface area contributed by atoms with E-state index in [-0.39, 0.29) is 18.0 Å². The Morgan fingerprint density at radius 2 is 2.32 bits per heavy atom. The maximum Gasteiger partial charge on any atom is 0.240 e. The first-order valence-corrected chi connectivity index (χ1v) is 7.23. The number of furan rings is 1. The first kappa shape index (κ1) is 14.6. The van der Waals surface area contributed by atoms with E-state index in [9.17, 15) is 4.79 Å². The molecule has 1 saturated heterocycles. The molecule has 2 unspecified atom stereocenters. The van der Waals surface area contributed by atoms with Gasteiger partial charge in [0.15, 0.2) is 4.67 Å². The third kappa shape index (κ3) is 3.19. The van der Waals surface area contributed by atoms with Crippen molar-refractivity contribution >= 4 is 21.8 Å². The number of hydrogen-bond acceptors (Lipinski definition) is 4. The lowest BCUT2D eigenvalue weighted by Crippen LogP contribution is -2.58. The number of nitrogens with one attached hydrogen (secondary N) is 1. The zero-order valence-corrected chi connectivity index (χ0v) is 13.1. The number of carbonyl (C=O) groups excluding carboxylic acids is 1. The Kier molecular flexibility index (Phi) is 4.65. The number of nitrogens with zero attached hydrogens (tertiary/aromatic N) is 2. The van der Waals surface area contributed by atoms with E-state index in [1.807, 2.05) is 12.1 Å². The molecule has 106 valence electrons. The molecule has 0 spiro atoms. The lowest BCUT2D eigenvalue weighted by atomic mass is 10.1. The van der Waals surface area contributed by atoms with E-state index in [1.165, 1.54) is 0 Å². The van der Waals surface area contributed by atoms with Crippen LogP contribution in [0.5, 0.6) is 0 Å². The fraction of sp³-hybridized carbons (Fsp3) is 0.615. The van der Waals surface area contributed by atoms with E-state index < -0.39 is 0 Å². The molecule has 0 radical (unpaired) electrons. The molecule has 0 aromatic carbocycles. The molecule has 6 heteroatoms. The van der Waals surface area contributed by atoms with Crippen LogP contribution in [0.25, 0.3) is 0 Å². The Labute approximate surface area is 122 Å². The molecule has 0 bridgehead atoms. The van der Waals surface area contributed by atoms with Gasteiger partial charge in [0, 0.05) is 33.7 Å². The van der Waals surface area contributed by atoms with Crippen LogP contribution in [0.2, 0.25) is 0 Å². The number of rotatable bonds is 3. The van der Waals surface area contributed by atoms with Gasteiger partial charge in [0.25, 0.3) is 0 Å². The van der Waals surface area contributed by atoms with Crippen molar-refractivity contribution in [1.29, 1.82) is 0 Å². The fourth-order valence-electron chi connectivity index (χ4n) is 2.43. The second-order valence-corrected chi connectivity index (χ2v) is 5.79. The maximum absolute atomic E-state index is 12.3. The van der Waals surface area contributed by atoms with Crippen molar-refractivity contribution in [1.82, 2.24) is 15.1 Å². The van der Waals surface area contributed by atoms with Crippen molar-refractivity contribution in [2.45, 2.75) is 19.0 Å². The lowest BCUT2D eigenvalue weighted by Gasteiger charge is -2.39. The van der Waals surface area contributed by atoms with Crippen molar-refractivity contribution in [2.24, 2.45) is 0 Å². The third-order valence-corrected chi connectivity index (χ3v) is 3.94. The summed E-state index contributed by atoms with van der Waals surface area (Å²) in [6, 6.07) is 3.79. The van der Waals surface area contributed by atoms with Gasteiger partial charge >= 0.3 is 0 Å². The van der Waals surface area contributed by atoms with E-state index in [2.05, 4.69) is 33.1 Å². The third-order valence-electron chi connectivity index (χ3n) is 3.51. The zero-order valence-electron chi connectivity index (χ0n) is 11.5. The monoisotopic (exact) mass is 329 g/mol. The molecule has 19 heavy (non-hydrogen) atoms. The summed E-state index contributed by atoms with van der Waals surface area (Å²) in [4.78, 5) is 16.1. The number of hydrogen-bond donors (Lipinski definition) is 1. The Hall–Kier alpha value is -0.850. The van der Waals surface area contributed by atoms with E-state index in [0.717, 1.165) is 23.5 Å². The van der Waals surface area contributed by atoms with Gasteiger partial charge in [-0.15, -0.1) is 0 Å². The van der Waals surface area contributed by atoms with Gasteiger partial charge in [-0.3, -0.25) is 9.69 Å². The van der Waals surface area contributed by atoms with Crippen LogP contribution in [0.3, 0.4) is 0 Å². The van der Waals surface area contributed by atoms with Crippen LogP contribution in [0.1, 0.15) is 18.7 Å². The molecule has 2 atom stereocenters. The second-order valence-electron chi connectivity index (χ2n) is 5.01. The van der Waals surface area contributed by atoms with Gasteiger partial charge in [-0.2, -0.15) is 0 Å². The van der Waals surface area contributed by atoms with Crippen LogP contribution in [-0.2, 0) is 4.79 Å². The standard InChI is InChI=1S/C13H20BrN3O2/c1-9(11-4-5-12(14)19-11)17-7-6-15-8-10(17)13(18)16(2)3/h4-5,9-10,15H,6-8H2,1-3H3. The van der Waals surface area contributed by atoms with Crippen molar-refractivity contribution in [3.05, 3.63) is 22.6 Å². The van der Waals surface area contributed by atoms with Crippen LogP contribution >= 0.6 is 15.9 Å². The van der Waals surface area contributed by atoms with Crippen LogP contribution in [-0.4, -0.2) is 55.5 Å². The molecule has 1 aromatic rings. The number of amides is 1. The molecule has 1 amide bonds. The van der Waals surface area contributed by atoms with E-state index >= 15 is 0 Å². The zero-order chi connectivity index (χ0) is 14.0. The van der Waals surface area contributed by atoms with E-state index in [4.69, 9.17) is 4.42 Å². The number of piperazine rings is 1. The van der Waals surface area contributed by atoms with Gasteiger partial charge in [-0.1, -0.05) is 0 Å². The smallest absolute Gasteiger partial charge is 0.240 e. The summed E-state index contributed by atoms with van der Waals surface area (Å²) in [5.74, 6) is 1.01. The SMILES string of the molecule is CC(c1ccc(Br)o1)N1CCNCC1C(=O)N(C)C. The lowest BCUT2D eigenvalue weighted by molar-refractivity contribution is -0.136. The summed E-state index contributed by atoms with van der Waals surface area (Å²) in [7, 11) is 3.59. The Morgan fingerprint density at radius 1 is 1.58 bits per heavy atom. The largest absolute Gasteiger partial charge is 0.453 e. The van der Waals surface area contributed by atoms with Crippen molar-refractivity contribution in [3.8, 4) is 0 Å². The first-order chi connectivity index (χ1) is 9.00. The summed E-state index contributed by atoms with van der Waals surface area (Å²) in [5.41, 5.74) is 0. The van der Waals surface area contributed by atoms with Gasteiger partial charge in [-0.25, -0.2) is 0 Å². The minimum atomic E-state index is -0.136. The summed E-state index contributed by atoms with van der Waals surface area (Å²) in [6.07, 6.45) is 0. The maximum atomic E-state index is 12.3. The molecule has 2 rings (SSSR count). The van der Waals surface area contributed by atoms with Crippen LogP contribution in [0.4, 0.5) is 0 Å². The first-order valence-electron chi connectivity index (χ1n) is 6.43. The topological polar surface area (TPSA) is 48.7 Å². The quantitative estimate of drug-likeness (QED) is 0.912. The number of likely N-dealkylation sites (N-methyl/N-ethyl adjacent to an activating group) is 1. The average Bonchev–Trinajstić information content (AvgIpc) is 2.83. The van der Waals surface area contributed by atoms with Crippen LogP contribution in [0, 0.1) is 0 Å². The van der Waals surface area contributed by atoms with E-state index in [0.29, 0.717) is 6.54 Å². The summed E-state index contributed by atoms with van der Waals surface area (Å²) in [6.45, 7) is 4.49. The predicted octanol–water partition coefficient (Wildman–Crippen LogP) is 1.47. The Bertz CT molecular complexity index is 447. The highest BCUT2D eigenvalue weighted by Crippen LogP contribution is 2.27. The molecule has 0 aliphatic carbocycles. The van der Waals surface area contributed by atoms with Gasteiger partial charge in [0.1, 0.15) is 11.8 Å². The Morgan fingerprint density at radius 3 is 2.89 bits per heavy atom. The highest BCUT2D eigenvalue weighted by molar-refractivity contribution is 9.10. The van der Waals surface area contributed by atoms with Gasteiger partial charge in [0.2, 0.25) is 5.91 Å². The molecule has 0 saturated carbocycles. The highest BCUT2D eigenvalue weighted by atomic mass is 79.9. The molecular formula is C13H20BrN3O2. The Balaban J connectivity index is 2.17. The minimum absolute atomic E-state index is 0.0855. The van der Waals surface area contributed by atoms with Crippen molar-refractivity contribution < 1.29 is 9.21 Å². The molecule has 2 heterocycles. The molecule has 1 aliphatic heterocycles. The van der Waals surface area contributed by atoms with Gasteiger partial charge in [0.05, 0.1) is 6.04 Å². The fourth-order valence-corrected chi connectivity index (χ4v) is 2.75. The number of halogens is 1. The summed E-state index contributed by atoms with van der Waals surface area (Å²) >= 11 is 3.32. The van der Waals surface area contributed by atoms with Gasteiger partial charge in [-0.05, 0) is 35.0 Å². The molecule has 5 nitrogen and oxygen atoms in total. The molecule has 1 fully saturated rings. The predicted molar refractivity (Wildman–Crippen MR) is 76.9 cm³/mol. The summed E-state index contributed by atoms with van der Waals surface area (Å²) < 4.78 is 6.34. The van der Waals surface area contributed by atoms with Gasteiger partial charge < -0.3 is 14.6 Å². The molecular weight excluding hydrogens is 310 g/mol. The van der Waals surface area contributed by atoms with Crippen LogP contribution < -0.4 is 5.32 Å². The van der Waals surface area contributed by atoms with Crippen molar-refractivity contribution in [2.75, 3.05) is 33.7 Å². The molecule has 1 aromatic heterocycles. The van der Waals surface area contributed by atoms with Crippen LogP contribution in [0.15, 0.2) is 21.2 Å². The normalized spacial score (nSPS) is 22.2. The summed E-state index contributed by atoms with van der Waals surface area (Å²) in [5, 5.41) is 3.28. The second kappa shape index (κ2) is 6.07. The molecule has 1 aliphatic rings. The highest BCUT2D eigenvalue weighted by Gasteiger charge is 2.34. The average molecular weight is 330 g/mol. The minimum Gasteiger partial charge on any atom is -0.453 e.